The molecule has 3 nitrogen and oxygen atoms in total. The molecule has 0 aliphatic carbocycles. The van der Waals surface area contributed by atoms with Crippen LogP contribution in [0.5, 0.6) is 0 Å². The van der Waals surface area contributed by atoms with Gasteiger partial charge in [-0.25, -0.2) is 0 Å². The molecule has 0 radical (unpaired) electrons. The summed E-state index contributed by atoms with van der Waals surface area (Å²) in [6.45, 7) is 1.92. The molecule has 1 unspecified atom stereocenters. The standard InChI is InChI=1S/C6H12NO2P.Na/c8-10(9)6-7-4-2-1-3-5-7;/h1-6H2;/q;+1. The minimum atomic E-state index is -2.20. The van der Waals surface area contributed by atoms with Gasteiger partial charge in [-0.05, 0) is 12.8 Å². The summed E-state index contributed by atoms with van der Waals surface area (Å²) in [7, 11) is -2.20. The van der Waals surface area contributed by atoms with E-state index in [9.17, 15) is 9.46 Å². The molecule has 0 aromatic heterocycles. The maximum Gasteiger partial charge on any atom is 1.00 e. The molecule has 5 heteroatoms. The molecule has 1 atom stereocenters. The molecule has 0 N–H and O–H groups in total. The third kappa shape index (κ3) is 5.29. The summed E-state index contributed by atoms with van der Waals surface area (Å²) in [5.74, 6) is 0. The zero-order valence-electron chi connectivity index (χ0n) is 6.95. The predicted molar refractivity (Wildman–Crippen MR) is 37.9 cm³/mol. The van der Waals surface area contributed by atoms with Crippen LogP contribution in [0.2, 0.25) is 0 Å². The van der Waals surface area contributed by atoms with E-state index in [0.717, 1.165) is 25.9 Å². The monoisotopic (exact) mass is 184 g/mol. The quantitative estimate of drug-likeness (QED) is 0.353. The van der Waals surface area contributed by atoms with E-state index in [4.69, 9.17) is 0 Å². The molecule has 1 fully saturated rings. The normalized spacial score (nSPS) is 20.6. The first-order chi connectivity index (χ1) is 4.79. The Labute approximate surface area is 90.3 Å². The van der Waals surface area contributed by atoms with Crippen molar-refractivity contribution in [2.45, 2.75) is 19.3 Å². The molecule has 11 heavy (non-hydrogen) atoms. The van der Waals surface area contributed by atoms with E-state index in [-0.39, 0.29) is 35.8 Å². The van der Waals surface area contributed by atoms with Crippen molar-refractivity contribution in [3.63, 3.8) is 0 Å². The van der Waals surface area contributed by atoms with Gasteiger partial charge in [0.1, 0.15) is 0 Å². The van der Waals surface area contributed by atoms with Crippen LogP contribution in [0, 0.1) is 0 Å². The maximum atomic E-state index is 10.3. The molecule has 0 aromatic carbocycles. The van der Waals surface area contributed by atoms with Crippen LogP contribution < -0.4 is 34.5 Å². The molecule has 0 amide bonds. The third-order valence-electron chi connectivity index (χ3n) is 1.76. The summed E-state index contributed by atoms with van der Waals surface area (Å²) in [4.78, 5) is 12.3. The molecular formula is C6H12NNaO2P+. The fraction of sp³-hybridized carbons (Fsp3) is 1.00. The van der Waals surface area contributed by atoms with Crippen molar-refractivity contribution in [2.75, 3.05) is 19.4 Å². The maximum absolute atomic E-state index is 10.3. The van der Waals surface area contributed by atoms with Gasteiger partial charge in [0, 0.05) is 13.1 Å². The molecule has 0 spiro atoms. The predicted octanol–water partition coefficient (Wildman–Crippen LogP) is -2.46. The molecule has 1 rings (SSSR count). The Morgan fingerprint density at radius 1 is 1.27 bits per heavy atom. The minimum absolute atomic E-state index is 0. The van der Waals surface area contributed by atoms with Crippen LogP contribution in [-0.2, 0) is 4.57 Å². The van der Waals surface area contributed by atoms with Gasteiger partial charge in [0.25, 0.3) is 0 Å². The Hall–Kier alpha value is 1.02. The third-order valence-corrected chi connectivity index (χ3v) is 2.40. The number of nitrogens with zero attached hydrogens (tertiary/aromatic N) is 1. The van der Waals surface area contributed by atoms with Crippen LogP contribution in [0.3, 0.4) is 0 Å². The van der Waals surface area contributed by atoms with Crippen LogP contribution in [0.4, 0.5) is 0 Å². The molecule has 1 heterocycles. The van der Waals surface area contributed by atoms with Crippen molar-refractivity contribution in [1.82, 2.24) is 4.90 Å². The average molecular weight is 184 g/mol. The number of piperidine rings is 1. The zero-order chi connectivity index (χ0) is 7.40. The van der Waals surface area contributed by atoms with Gasteiger partial charge in [0.05, 0.1) is 0 Å². The van der Waals surface area contributed by atoms with Gasteiger partial charge in [-0.2, -0.15) is 0 Å². The molecule has 0 bridgehead atoms. The van der Waals surface area contributed by atoms with Gasteiger partial charge in [-0.1, -0.05) is 11.0 Å². The summed E-state index contributed by atoms with van der Waals surface area (Å²) >= 11 is 0. The van der Waals surface area contributed by atoms with Crippen LogP contribution in [0.15, 0.2) is 0 Å². The molecule has 0 saturated carbocycles. The van der Waals surface area contributed by atoms with Gasteiger partial charge < -0.3 is 4.89 Å². The number of hydrogen-bond donors (Lipinski definition) is 0. The first-order valence-electron chi connectivity index (χ1n) is 3.63. The van der Waals surface area contributed by atoms with Gasteiger partial charge in [0.2, 0.25) is 0 Å². The zero-order valence-corrected chi connectivity index (χ0v) is 9.85. The molecule has 58 valence electrons. The topological polar surface area (TPSA) is 43.4 Å². The van der Waals surface area contributed by atoms with E-state index in [2.05, 4.69) is 0 Å². The summed E-state index contributed by atoms with van der Waals surface area (Å²) in [5.41, 5.74) is 0. The van der Waals surface area contributed by atoms with E-state index in [0.29, 0.717) is 0 Å². The van der Waals surface area contributed by atoms with Crippen molar-refractivity contribution in [1.29, 1.82) is 0 Å². The van der Waals surface area contributed by atoms with Crippen molar-refractivity contribution in [3.05, 3.63) is 0 Å². The summed E-state index contributed by atoms with van der Waals surface area (Å²) in [5, 5.41) is 0. The Bertz CT molecular complexity index is 128. The van der Waals surface area contributed by atoms with Gasteiger partial charge in [-0.15, -0.1) is 0 Å². The SMILES string of the molecule is O=[P+]([O-])CN1CCCCC1.[Na+]. The molecule has 1 aliphatic rings. The van der Waals surface area contributed by atoms with Crippen LogP contribution >= 0.6 is 8.03 Å². The van der Waals surface area contributed by atoms with E-state index in [1.165, 1.54) is 6.42 Å². The second-order valence-corrected chi connectivity index (χ2v) is 3.60. The van der Waals surface area contributed by atoms with E-state index in [1.807, 2.05) is 4.90 Å². The minimum Gasteiger partial charge on any atom is -0.594 e. The van der Waals surface area contributed by atoms with Crippen LogP contribution in [0.1, 0.15) is 19.3 Å². The Morgan fingerprint density at radius 3 is 2.27 bits per heavy atom. The van der Waals surface area contributed by atoms with E-state index in [1.54, 1.807) is 0 Å². The molecular weight excluding hydrogens is 172 g/mol. The van der Waals surface area contributed by atoms with Gasteiger partial charge >= 0.3 is 37.6 Å². The fourth-order valence-corrected chi connectivity index (χ4v) is 1.87. The number of rotatable bonds is 2. The Balaban J connectivity index is 0.000001000. The van der Waals surface area contributed by atoms with Crippen molar-refractivity contribution >= 4 is 8.03 Å². The van der Waals surface area contributed by atoms with Crippen LogP contribution in [0.25, 0.3) is 0 Å². The average Bonchev–Trinajstić information content (AvgIpc) is 1.88. The number of likely N-dealkylation sites (tertiary alicyclic amines) is 1. The first kappa shape index (κ1) is 12.0. The summed E-state index contributed by atoms with van der Waals surface area (Å²) in [6, 6.07) is 0. The van der Waals surface area contributed by atoms with Crippen molar-refractivity contribution in [2.24, 2.45) is 0 Å². The molecule has 0 aromatic rings. The smallest absolute Gasteiger partial charge is 0.594 e. The first-order valence-corrected chi connectivity index (χ1v) is 4.99. The second-order valence-electron chi connectivity index (χ2n) is 2.65. The second kappa shape index (κ2) is 6.53. The van der Waals surface area contributed by atoms with Crippen molar-refractivity contribution in [3.8, 4) is 0 Å². The summed E-state index contributed by atoms with van der Waals surface area (Å²) in [6.07, 6.45) is 3.83. The number of hydrogen-bond acceptors (Lipinski definition) is 3. The Morgan fingerprint density at radius 2 is 1.82 bits per heavy atom. The Kier molecular flexibility index (Phi) is 7.13. The van der Waals surface area contributed by atoms with E-state index >= 15 is 0 Å². The van der Waals surface area contributed by atoms with E-state index < -0.39 is 8.03 Å². The van der Waals surface area contributed by atoms with Gasteiger partial charge in [-0.3, -0.25) is 4.90 Å². The fourth-order valence-electron chi connectivity index (χ4n) is 1.26. The molecule has 1 saturated heterocycles. The van der Waals surface area contributed by atoms with Crippen LogP contribution in [-0.4, -0.2) is 24.3 Å². The molecule has 1 aliphatic heterocycles. The van der Waals surface area contributed by atoms with Crippen molar-refractivity contribution < 1.29 is 39.0 Å². The largest absolute Gasteiger partial charge is 1.00 e. The summed E-state index contributed by atoms with van der Waals surface area (Å²) < 4.78 is 10.3. The van der Waals surface area contributed by atoms with Gasteiger partial charge in [0.15, 0.2) is 6.29 Å².